The van der Waals surface area contributed by atoms with Crippen LogP contribution in [0.3, 0.4) is 0 Å². The summed E-state index contributed by atoms with van der Waals surface area (Å²) in [4.78, 5) is 15.3. The molecular weight excluding hydrogens is 386 g/mol. The van der Waals surface area contributed by atoms with Crippen molar-refractivity contribution in [3.8, 4) is 0 Å². The van der Waals surface area contributed by atoms with E-state index in [-0.39, 0.29) is 17.2 Å². The van der Waals surface area contributed by atoms with Gasteiger partial charge in [0.15, 0.2) is 0 Å². The molecule has 1 saturated carbocycles. The molecule has 1 aliphatic carbocycles. The van der Waals surface area contributed by atoms with Gasteiger partial charge in [0.05, 0.1) is 5.75 Å². The number of rotatable bonds is 4. The van der Waals surface area contributed by atoms with Crippen LogP contribution in [0.5, 0.6) is 0 Å². The van der Waals surface area contributed by atoms with Crippen LogP contribution in [0.25, 0.3) is 0 Å². The minimum absolute atomic E-state index is 0.0423. The number of nitrogens with zero attached hydrogens (tertiary/aromatic N) is 2. The number of benzene rings is 1. The van der Waals surface area contributed by atoms with Gasteiger partial charge in [-0.2, -0.15) is 0 Å². The summed E-state index contributed by atoms with van der Waals surface area (Å²) in [5, 5.41) is 2.99. The van der Waals surface area contributed by atoms with Gasteiger partial charge in [-0.15, -0.1) is 0 Å². The summed E-state index contributed by atoms with van der Waals surface area (Å²) in [7, 11) is -3.26. The highest BCUT2D eigenvalue weighted by molar-refractivity contribution is 7.89. The molecule has 2 fully saturated rings. The number of carbonyl (C=O) groups excluding carboxylic acids is 1. The van der Waals surface area contributed by atoms with Crippen molar-refractivity contribution in [2.45, 2.75) is 64.0 Å². The number of amides is 1. The summed E-state index contributed by atoms with van der Waals surface area (Å²) in [5.41, 5.74) is 1.11. The molecule has 7 heteroatoms. The molecule has 1 aliphatic heterocycles. The van der Waals surface area contributed by atoms with E-state index in [1.165, 1.54) is 12.0 Å². The van der Waals surface area contributed by atoms with E-state index >= 15 is 0 Å². The van der Waals surface area contributed by atoms with Crippen LogP contribution in [-0.2, 0) is 21.4 Å². The smallest absolute Gasteiger partial charge is 0.221 e. The van der Waals surface area contributed by atoms with Crippen molar-refractivity contribution in [2.24, 2.45) is 0 Å². The van der Waals surface area contributed by atoms with Crippen LogP contribution in [0, 0.1) is 0 Å². The van der Waals surface area contributed by atoms with Gasteiger partial charge in [-0.25, -0.2) is 12.7 Å². The first kappa shape index (κ1) is 22.2. The third-order valence-corrected chi connectivity index (χ3v) is 8.32. The van der Waals surface area contributed by atoms with Crippen molar-refractivity contribution in [3.05, 3.63) is 35.9 Å². The molecule has 1 N–H and O–H groups in total. The maximum atomic E-state index is 12.8. The molecule has 29 heavy (non-hydrogen) atoms. The molecule has 1 heterocycles. The lowest BCUT2D eigenvalue weighted by Crippen LogP contribution is -2.52. The second kappa shape index (κ2) is 10.0. The first-order valence-corrected chi connectivity index (χ1v) is 12.6. The largest absolute Gasteiger partial charge is 0.355 e. The topological polar surface area (TPSA) is 69.7 Å². The van der Waals surface area contributed by atoms with Gasteiger partial charge in [0.1, 0.15) is 0 Å². The number of hydrogen-bond acceptors (Lipinski definition) is 4. The average molecular weight is 422 g/mol. The zero-order chi connectivity index (χ0) is 20.7. The summed E-state index contributed by atoms with van der Waals surface area (Å²) in [6.45, 7) is 4.53. The molecule has 1 spiro atoms. The van der Waals surface area contributed by atoms with Crippen molar-refractivity contribution in [3.63, 3.8) is 0 Å². The van der Waals surface area contributed by atoms with E-state index in [1.54, 1.807) is 11.2 Å². The Bertz CT molecular complexity index is 761. The van der Waals surface area contributed by atoms with Crippen LogP contribution in [0.15, 0.2) is 30.3 Å². The molecule has 6 nitrogen and oxygen atoms in total. The Kier molecular flexibility index (Phi) is 7.71. The number of nitrogens with one attached hydrogen (secondary N) is 1. The van der Waals surface area contributed by atoms with Crippen molar-refractivity contribution in [2.75, 3.05) is 31.9 Å². The molecule has 0 bridgehead atoms. The molecule has 0 unspecified atom stereocenters. The van der Waals surface area contributed by atoms with Crippen LogP contribution >= 0.6 is 0 Å². The highest BCUT2D eigenvalue weighted by atomic mass is 32.2. The van der Waals surface area contributed by atoms with Crippen LogP contribution in [-0.4, -0.2) is 61.0 Å². The zero-order valence-electron chi connectivity index (χ0n) is 17.6. The van der Waals surface area contributed by atoms with E-state index in [9.17, 15) is 13.2 Å². The third-order valence-electron chi connectivity index (χ3n) is 6.44. The van der Waals surface area contributed by atoms with Gasteiger partial charge in [-0.3, -0.25) is 9.69 Å². The van der Waals surface area contributed by atoms with E-state index in [0.29, 0.717) is 26.1 Å². The van der Waals surface area contributed by atoms with Gasteiger partial charge in [-0.05, 0) is 31.7 Å². The molecule has 1 aromatic rings. The molecule has 162 valence electrons. The number of sulfonamides is 1. The molecule has 3 rings (SSSR count). The van der Waals surface area contributed by atoms with Gasteiger partial charge in [-0.1, -0.05) is 49.6 Å². The van der Waals surface area contributed by atoms with E-state index in [1.807, 2.05) is 6.07 Å². The average Bonchev–Trinajstić information content (AvgIpc) is 2.75. The minimum Gasteiger partial charge on any atom is -0.355 e. The van der Waals surface area contributed by atoms with E-state index in [4.69, 9.17) is 0 Å². The van der Waals surface area contributed by atoms with Crippen LogP contribution in [0.4, 0.5) is 0 Å². The van der Waals surface area contributed by atoms with Gasteiger partial charge in [0.25, 0.3) is 0 Å². The lowest BCUT2D eigenvalue weighted by molar-refractivity contribution is -0.125. The Hall–Kier alpha value is -1.44. The molecule has 2 aliphatic rings. The zero-order valence-corrected chi connectivity index (χ0v) is 18.4. The van der Waals surface area contributed by atoms with Crippen molar-refractivity contribution >= 4 is 15.9 Å². The van der Waals surface area contributed by atoms with Crippen molar-refractivity contribution in [1.29, 1.82) is 0 Å². The van der Waals surface area contributed by atoms with Crippen molar-refractivity contribution < 1.29 is 13.2 Å². The van der Waals surface area contributed by atoms with E-state index < -0.39 is 10.0 Å². The van der Waals surface area contributed by atoms with E-state index in [2.05, 4.69) is 34.5 Å². The van der Waals surface area contributed by atoms with Crippen molar-refractivity contribution in [1.82, 2.24) is 14.5 Å². The summed E-state index contributed by atoms with van der Waals surface area (Å²) < 4.78 is 26.5. The summed E-state index contributed by atoms with van der Waals surface area (Å²) >= 11 is 0. The SMILES string of the molecule is CCS(=O)(=O)N1CCCN(Cc2ccccc2)C2(CCCCC2)CC(=O)NCC1. The fraction of sp³-hybridized carbons (Fsp3) is 0.682. The Morgan fingerprint density at radius 2 is 1.72 bits per heavy atom. The molecular formula is C22H35N3O3S. The van der Waals surface area contributed by atoms with Crippen LogP contribution < -0.4 is 5.32 Å². The van der Waals surface area contributed by atoms with Gasteiger partial charge in [0.2, 0.25) is 15.9 Å². The fourth-order valence-corrected chi connectivity index (χ4v) is 5.94. The number of hydrogen-bond donors (Lipinski definition) is 1. The second-order valence-corrected chi connectivity index (χ2v) is 10.6. The Morgan fingerprint density at radius 1 is 1.00 bits per heavy atom. The second-order valence-electron chi connectivity index (χ2n) is 8.37. The maximum absolute atomic E-state index is 12.8. The molecule has 0 aromatic heterocycles. The van der Waals surface area contributed by atoms with E-state index in [0.717, 1.165) is 45.2 Å². The lowest BCUT2D eigenvalue weighted by Gasteiger charge is -2.46. The lowest BCUT2D eigenvalue weighted by atomic mass is 9.77. The normalized spacial score (nSPS) is 22.7. The van der Waals surface area contributed by atoms with Gasteiger partial charge in [0, 0.05) is 44.7 Å². The summed E-state index contributed by atoms with van der Waals surface area (Å²) in [5.74, 6) is 0.138. The maximum Gasteiger partial charge on any atom is 0.221 e. The van der Waals surface area contributed by atoms with Crippen LogP contribution in [0.1, 0.15) is 57.4 Å². The summed E-state index contributed by atoms with van der Waals surface area (Å²) in [6.07, 6.45) is 6.87. The first-order chi connectivity index (χ1) is 14.0. The molecule has 1 saturated heterocycles. The monoisotopic (exact) mass is 421 g/mol. The minimum atomic E-state index is -3.26. The molecule has 0 atom stereocenters. The first-order valence-electron chi connectivity index (χ1n) is 11.0. The van der Waals surface area contributed by atoms with Crippen LogP contribution in [0.2, 0.25) is 0 Å². The fourth-order valence-electron chi connectivity index (χ4n) is 4.79. The highest BCUT2D eigenvalue weighted by Gasteiger charge is 2.40. The molecule has 0 radical (unpaired) electrons. The van der Waals surface area contributed by atoms with Gasteiger partial charge < -0.3 is 5.32 Å². The number of carbonyl (C=O) groups is 1. The predicted molar refractivity (Wildman–Crippen MR) is 116 cm³/mol. The Balaban J connectivity index is 1.86. The standard InChI is InChI=1S/C22H35N3O3S/c1-2-29(27,28)25-16-9-15-24(19-20-10-5-3-6-11-20)22(12-7-4-8-13-22)18-21(26)23-14-17-25/h3,5-6,10-11H,2,4,7-9,12-19H2,1H3,(H,23,26). The Morgan fingerprint density at radius 3 is 2.41 bits per heavy atom. The predicted octanol–water partition coefficient (Wildman–Crippen LogP) is 2.75. The van der Waals surface area contributed by atoms with Gasteiger partial charge >= 0.3 is 0 Å². The summed E-state index contributed by atoms with van der Waals surface area (Å²) in [6, 6.07) is 10.4. The Labute approximate surface area is 175 Å². The molecule has 1 aromatic carbocycles. The third kappa shape index (κ3) is 5.80. The quantitative estimate of drug-likeness (QED) is 0.812. The highest BCUT2D eigenvalue weighted by Crippen LogP contribution is 2.38. The molecule has 1 amide bonds.